The van der Waals surface area contributed by atoms with Crippen LogP contribution in [0.1, 0.15) is 12.5 Å². The largest absolute Gasteiger partial charge is 0.455 e. The van der Waals surface area contributed by atoms with Crippen molar-refractivity contribution in [2.45, 2.75) is 16.7 Å². The fourth-order valence-corrected chi connectivity index (χ4v) is 3.58. The Morgan fingerprint density at radius 3 is 2.43 bits per heavy atom. The average molecular weight is 336 g/mol. The number of rotatable bonds is 6. The van der Waals surface area contributed by atoms with Crippen LogP contribution in [0.5, 0.6) is 11.5 Å². The van der Waals surface area contributed by atoms with Crippen LogP contribution in [0.3, 0.4) is 0 Å². The number of para-hydroxylation sites is 1. The molecule has 0 aromatic heterocycles. The van der Waals surface area contributed by atoms with E-state index in [9.17, 15) is 0 Å². The van der Waals surface area contributed by atoms with Crippen molar-refractivity contribution >= 4 is 40.7 Å². The van der Waals surface area contributed by atoms with E-state index in [1.54, 1.807) is 23.5 Å². The molecule has 0 spiro atoms. The molecule has 0 saturated carbocycles. The van der Waals surface area contributed by atoms with Gasteiger partial charge in [-0.1, -0.05) is 37.3 Å². The first-order valence-electron chi connectivity index (χ1n) is 6.53. The summed E-state index contributed by atoms with van der Waals surface area (Å²) in [5.74, 6) is 2.49. The Morgan fingerprint density at radius 1 is 1.10 bits per heavy atom. The fraction of sp³-hybridized carbons (Fsp3) is 0.188. The van der Waals surface area contributed by atoms with Gasteiger partial charge in [-0.2, -0.15) is 0 Å². The van der Waals surface area contributed by atoms with E-state index in [1.165, 1.54) is 0 Å². The van der Waals surface area contributed by atoms with Crippen LogP contribution in [-0.2, 0) is 0 Å². The summed E-state index contributed by atoms with van der Waals surface area (Å²) >= 11 is 8.57. The Hall–Kier alpha value is -1.17. The second-order valence-electron chi connectivity index (χ2n) is 4.18. The number of hydrogen-bond acceptors (Lipinski definition) is 4. The molecule has 5 heteroatoms. The van der Waals surface area contributed by atoms with Crippen LogP contribution in [0, 0.1) is 0 Å². The van der Waals surface area contributed by atoms with Crippen molar-refractivity contribution in [3.63, 3.8) is 0 Å². The van der Waals surface area contributed by atoms with E-state index in [0.29, 0.717) is 10.7 Å². The number of benzene rings is 2. The number of thioether (sulfide) groups is 2. The molecule has 2 rings (SSSR count). The number of nitrogens with two attached hydrogens (primary N) is 1. The molecule has 0 atom stereocenters. The third-order valence-corrected chi connectivity index (χ3v) is 4.74. The van der Waals surface area contributed by atoms with Gasteiger partial charge >= 0.3 is 0 Å². The first kappa shape index (κ1) is 16.2. The van der Waals surface area contributed by atoms with Crippen LogP contribution in [0.15, 0.2) is 52.3 Å². The normalized spacial score (nSPS) is 10.4. The van der Waals surface area contributed by atoms with Crippen molar-refractivity contribution in [1.29, 1.82) is 0 Å². The molecule has 0 heterocycles. The zero-order valence-electron chi connectivity index (χ0n) is 12.0. The van der Waals surface area contributed by atoms with Gasteiger partial charge in [0.2, 0.25) is 0 Å². The highest BCUT2D eigenvalue weighted by molar-refractivity contribution is 7.99. The summed E-state index contributed by atoms with van der Waals surface area (Å²) in [6.45, 7) is 2.10. The minimum absolute atomic E-state index is 0.364. The van der Waals surface area contributed by atoms with Crippen LogP contribution in [0.2, 0.25) is 0 Å². The molecule has 0 radical (unpaired) electrons. The van der Waals surface area contributed by atoms with Gasteiger partial charge in [0, 0.05) is 9.79 Å². The van der Waals surface area contributed by atoms with Gasteiger partial charge in [0.1, 0.15) is 16.5 Å². The number of hydrogen-bond donors (Lipinski definition) is 1. The third kappa shape index (κ3) is 3.93. The maximum absolute atomic E-state index is 6.08. The van der Waals surface area contributed by atoms with E-state index in [1.807, 2.05) is 48.7 Å². The number of ether oxygens (including phenoxy) is 1. The Kier molecular flexibility index (Phi) is 5.96. The van der Waals surface area contributed by atoms with Crippen molar-refractivity contribution in [2.24, 2.45) is 5.73 Å². The third-order valence-electron chi connectivity index (χ3n) is 2.82. The Balaban J connectivity index is 2.44. The molecule has 21 heavy (non-hydrogen) atoms. The minimum Gasteiger partial charge on any atom is -0.455 e. The van der Waals surface area contributed by atoms with Crippen LogP contribution >= 0.6 is 35.7 Å². The summed E-state index contributed by atoms with van der Waals surface area (Å²) in [5, 5.41) is 0. The van der Waals surface area contributed by atoms with E-state index in [2.05, 4.69) is 6.92 Å². The maximum Gasteiger partial charge on any atom is 0.140 e. The summed E-state index contributed by atoms with van der Waals surface area (Å²) < 4.78 is 6.08. The quantitative estimate of drug-likeness (QED) is 0.597. The monoisotopic (exact) mass is 335 g/mol. The molecule has 110 valence electrons. The van der Waals surface area contributed by atoms with E-state index < -0.39 is 0 Å². The first-order valence-corrected chi connectivity index (χ1v) is 9.15. The van der Waals surface area contributed by atoms with Gasteiger partial charge in [-0.3, -0.25) is 0 Å². The van der Waals surface area contributed by atoms with E-state index in [0.717, 1.165) is 26.9 Å². The zero-order chi connectivity index (χ0) is 15.2. The van der Waals surface area contributed by atoms with Gasteiger partial charge in [-0.15, -0.1) is 23.5 Å². The molecule has 0 aliphatic heterocycles. The van der Waals surface area contributed by atoms with Crippen molar-refractivity contribution in [3.05, 3.63) is 48.0 Å². The highest BCUT2D eigenvalue weighted by atomic mass is 32.2. The summed E-state index contributed by atoms with van der Waals surface area (Å²) in [6.07, 6.45) is 2.03. The second-order valence-corrected chi connectivity index (χ2v) is 6.77. The van der Waals surface area contributed by atoms with Crippen LogP contribution in [0.4, 0.5) is 0 Å². The molecule has 0 bridgehead atoms. The van der Waals surface area contributed by atoms with Gasteiger partial charge in [0.25, 0.3) is 0 Å². The molecule has 0 aliphatic rings. The van der Waals surface area contributed by atoms with Crippen LogP contribution < -0.4 is 10.5 Å². The van der Waals surface area contributed by atoms with Gasteiger partial charge in [0.05, 0.1) is 5.56 Å². The minimum atomic E-state index is 0.364. The molecular formula is C16H17NOS3. The Labute approximate surface area is 139 Å². The number of thiocarbonyl (C=S) groups is 1. The molecule has 0 fully saturated rings. The Morgan fingerprint density at radius 2 is 1.76 bits per heavy atom. The predicted octanol–water partition coefficient (Wildman–Crippen LogP) is 4.95. The van der Waals surface area contributed by atoms with Crippen molar-refractivity contribution < 1.29 is 4.74 Å². The summed E-state index contributed by atoms with van der Waals surface area (Å²) in [6, 6.07) is 13.8. The lowest BCUT2D eigenvalue weighted by atomic mass is 10.2. The van der Waals surface area contributed by atoms with Crippen molar-refractivity contribution in [1.82, 2.24) is 0 Å². The second kappa shape index (κ2) is 7.73. The smallest absolute Gasteiger partial charge is 0.140 e. The lowest BCUT2D eigenvalue weighted by Crippen LogP contribution is -2.12. The lowest BCUT2D eigenvalue weighted by molar-refractivity contribution is 0.469. The molecule has 0 saturated heterocycles. The lowest BCUT2D eigenvalue weighted by Gasteiger charge is -2.15. The zero-order valence-corrected chi connectivity index (χ0v) is 14.4. The molecule has 0 amide bonds. The molecule has 2 aromatic carbocycles. The Bertz CT molecular complexity index is 643. The van der Waals surface area contributed by atoms with Gasteiger partial charge < -0.3 is 10.5 Å². The highest BCUT2D eigenvalue weighted by Crippen LogP contribution is 2.36. The summed E-state index contributed by atoms with van der Waals surface area (Å²) in [4.78, 5) is 2.51. The molecular weight excluding hydrogens is 318 g/mol. The standard InChI is InChI=1S/C16H17NOS3/c1-3-21-14-10-6-8-12(15(14)16(17)19)18-11-7-4-5-9-13(11)20-2/h4-10H,3H2,1-2H3,(H2,17,19). The molecule has 0 unspecified atom stereocenters. The summed E-state index contributed by atoms with van der Waals surface area (Å²) in [5.41, 5.74) is 6.72. The van der Waals surface area contributed by atoms with E-state index in [4.69, 9.17) is 22.7 Å². The molecule has 2 nitrogen and oxygen atoms in total. The maximum atomic E-state index is 6.08. The van der Waals surface area contributed by atoms with Crippen LogP contribution in [0.25, 0.3) is 0 Å². The summed E-state index contributed by atoms with van der Waals surface area (Å²) in [7, 11) is 0. The predicted molar refractivity (Wildman–Crippen MR) is 97.0 cm³/mol. The molecule has 2 N–H and O–H groups in total. The van der Waals surface area contributed by atoms with Gasteiger partial charge in [-0.05, 0) is 36.3 Å². The molecule has 2 aromatic rings. The molecule has 0 aliphatic carbocycles. The topological polar surface area (TPSA) is 35.2 Å². The first-order chi connectivity index (χ1) is 10.2. The average Bonchev–Trinajstić information content (AvgIpc) is 2.48. The van der Waals surface area contributed by atoms with Crippen molar-refractivity contribution in [2.75, 3.05) is 12.0 Å². The van der Waals surface area contributed by atoms with Crippen molar-refractivity contribution in [3.8, 4) is 11.5 Å². The fourth-order valence-electron chi connectivity index (χ4n) is 1.94. The van der Waals surface area contributed by atoms with Crippen LogP contribution in [-0.4, -0.2) is 17.0 Å². The van der Waals surface area contributed by atoms with E-state index >= 15 is 0 Å². The van der Waals surface area contributed by atoms with E-state index in [-0.39, 0.29) is 0 Å². The SMILES string of the molecule is CCSc1cccc(Oc2ccccc2SC)c1C(N)=S. The van der Waals surface area contributed by atoms with Gasteiger partial charge in [0.15, 0.2) is 0 Å². The van der Waals surface area contributed by atoms with Gasteiger partial charge in [-0.25, -0.2) is 0 Å². The highest BCUT2D eigenvalue weighted by Gasteiger charge is 2.14.